The fourth-order valence-electron chi connectivity index (χ4n) is 8.75. The van der Waals surface area contributed by atoms with Crippen LogP contribution in [0.4, 0.5) is 0 Å². The number of ether oxygens (including phenoxy) is 6. The summed E-state index contributed by atoms with van der Waals surface area (Å²) in [6, 6.07) is 71.6. The van der Waals surface area contributed by atoms with E-state index in [-0.39, 0.29) is 18.8 Å². The van der Waals surface area contributed by atoms with E-state index in [4.69, 9.17) is 28.4 Å². The Balaban J connectivity index is 0.955. The van der Waals surface area contributed by atoms with Gasteiger partial charge in [0.05, 0.1) is 6.21 Å². The quantitative estimate of drug-likeness (QED) is 0.0435. The highest BCUT2D eigenvalue weighted by Crippen LogP contribution is 2.41. The topological polar surface area (TPSA) is 96.8 Å². The Kier molecular flexibility index (Phi) is 15.7. The molecular formula is C66H56N2O7. The molecule has 0 aliphatic heterocycles. The van der Waals surface area contributed by atoms with Crippen LogP contribution in [0.25, 0.3) is 21.5 Å². The third-order valence-corrected chi connectivity index (χ3v) is 12.8. The Labute approximate surface area is 437 Å². The maximum atomic E-state index is 14.2. The van der Waals surface area contributed by atoms with Gasteiger partial charge in [-0.25, -0.2) is 5.43 Å². The summed E-state index contributed by atoms with van der Waals surface area (Å²) in [6.07, 6.45) is 1.71. The van der Waals surface area contributed by atoms with Gasteiger partial charge in [-0.1, -0.05) is 176 Å². The van der Waals surface area contributed by atoms with Crippen LogP contribution >= 0.6 is 0 Å². The van der Waals surface area contributed by atoms with Crippen molar-refractivity contribution in [2.75, 3.05) is 0 Å². The molecule has 1 N–H and O–H groups in total. The Morgan fingerprint density at radius 1 is 0.413 bits per heavy atom. The second-order valence-electron chi connectivity index (χ2n) is 18.3. The van der Waals surface area contributed by atoms with Crippen LogP contribution in [0.1, 0.15) is 60.4 Å². The van der Waals surface area contributed by atoms with Gasteiger partial charge in [-0.3, -0.25) is 4.79 Å². The zero-order chi connectivity index (χ0) is 51.2. The second-order valence-corrected chi connectivity index (χ2v) is 18.3. The van der Waals surface area contributed by atoms with E-state index >= 15 is 0 Å². The molecule has 1 amide bonds. The molecule has 0 aliphatic carbocycles. The van der Waals surface area contributed by atoms with Crippen molar-refractivity contribution >= 4 is 33.7 Å². The first-order chi connectivity index (χ1) is 36.9. The SMILES string of the molecule is Cc1cc(COc2cc(OCc3cc(OCc4ccccc4)c(OCc4ccccc4)c(OCc4ccccc4)c3)cc(C(=O)N/N=C/c3c4ccccc4cc4ccccc34)c2)cc(OCc2ccccc2)c1C. The van der Waals surface area contributed by atoms with Crippen molar-refractivity contribution < 1.29 is 33.2 Å². The third kappa shape index (κ3) is 12.8. The summed E-state index contributed by atoms with van der Waals surface area (Å²) in [7, 11) is 0. The first-order valence-electron chi connectivity index (χ1n) is 25.0. The summed E-state index contributed by atoms with van der Waals surface area (Å²) < 4.78 is 39.1. The summed E-state index contributed by atoms with van der Waals surface area (Å²) in [4.78, 5) is 14.2. The molecule has 0 bridgehead atoms. The van der Waals surface area contributed by atoms with Crippen LogP contribution in [0.2, 0.25) is 0 Å². The van der Waals surface area contributed by atoms with Gasteiger partial charge in [0, 0.05) is 17.2 Å². The molecular weight excluding hydrogens is 933 g/mol. The van der Waals surface area contributed by atoms with Gasteiger partial charge in [0.1, 0.15) is 56.9 Å². The average Bonchev–Trinajstić information content (AvgIpc) is 3.46. The lowest BCUT2D eigenvalue weighted by Crippen LogP contribution is -2.18. The molecule has 372 valence electrons. The summed E-state index contributed by atoms with van der Waals surface area (Å²) in [5.41, 5.74) is 11.8. The third-order valence-electron chi connectivity index (χ3n) is 12.8. The number of hydrogen-bond acceptors (Lipinski definition) is 8. The molecule has 75 heavy (non-hydrogen) atoms. The molecule has 0 atom stereocenters. The van der Waals surface area contributed by atoms with Gasteiger partial charge in [0.2, 0.25) is 5.75 Å². The minimum atomic E-state index is -0.443. The first kappa shape index (κ1) is 49.2. The van der Waals surface area contributed by atoms with Crippen molar-refractivity contribution in [3.63, 3.8) is 0 Å². The van der Waals surface area contributed by atoms with E-state index in [1.54, 1.807) is 24.4 Å². The molecule has 0 radical (unpaired) electrons. The van der Waals surface area contributed by atoms with Gasteiger partial charge >= 0.3 is 0 Å². The molecule has 0 aliphatic rings. The first-order valence-corrected chi connectivity index (χ1v) is 25.0. The van der Waals surface area contributed by atoms with Gasteiger partial charge in [-0.05, 0) is 116 Å². The van der Waals surface area contributed by atoms with Crippen molar-refractivity contribution in [2.24, 2.45) is 5.10 Å². The summed E-state index contributed by atoms with van der Waals surface area (Å²) in [6.45, 7) is 5.72. The number of hydrazone groups is 1. The number of rotatable bonds is 21. The molecule has 9 nitrogen and oxygen atoms in total. The summed E-state index contributed by atoms with van der Waals surface area (Å²) >= 11 is 0. The Bertz CT molecular complexity index is 3450. The zero-order valence-electron chi connectivity index (χ0n) is 41.9. The van der Waals surface area contributed by atoms with Crippen LogP contribution in [-0.4, -0.2) is 12.1 Å². The largest absolute Gasteiger partial charge is 0.489 e. The molecule has 9 heteroatoms. The van der Waals surface area contributed by atoms with Gasteiger partial charge in [0.15, 0.2) is 11.5 Å². The van der Waals surface area contributed by atoms with Gasteiger partial charge in [0.25, 0.3) is 5.91 Å². The summed E-state index contributed by atoms with van der Waals surface area (Å²) in [5.74, 6) is 2.62. The van der Waals surface area contributed by atoms with E-state index in [0.717, 1.165) is 77.4 Å². The molecule has 0 fully saturated rings. The van der Waals surface area contributed by atoms with E-state index in [0.29, 0.717) is 55.2 Å². The van der Waals surface area contributed by atoms with Crippen LogP contribution < -0.4 is 33.8 Å². The number of aryl methyl sites for hydroxylation is 1. The summed E-state index contributed by atoms with van der Waals surface area (Å²) in [5, 5.41) is 8.72. The molecule has 10 aromatic rings. The normalized spacial score (nSPS) is 11.1. The highest BCUT2D eigenvalue weighted by Gasteiger charge is 2.19. The molecule has 0 heterocycles. The van der Waals surface area contributed by atoms with Gasteiger partial charge in [-0.15, -0.1) is 0 Å². The van der Waals surface area contributed by atoms with E-state index in [9.17, 15) is 4.79 Å². The van der Waals surface area contributed by atoms with E-state index in [1.807, 2.05) is 164 Å². The number of nitrogens with one attached hydrogen (secondary N) is 1. The molecule has 0 aromatic heterocycles. The predicted octanol–water partition coefficient (Wildman–Crippen LogP) is 14.8. The van der Waals surface area contributed by atoms with Crippen molar-refractivity contribution in [1.29, 1.82) is 0 Å². The molecule has 0 unspecified atom stereocenters. The van der Waals surface area contributed by atoms with E-state index < -0.39 is 5.91 Å². The molecule has 0 spiro atoms. The average molecular weight is 989 g/mol. The molecule has 0 saturated carbocycles. The number of benzene rings is 10. The fraction of sp³-hybridized carbons (Fsp3) is 0.121. The van der Waals surface area contributed by atoms with Gasteiger partial charge < -0.3 is 28.4 Å². The Morgan fingerprint density at radius 3 is 1.31 bits per heavy atom. The fourth-order valence-corrected chi connectivity index (χ4v) is 8.75. The highest BCUT2D eigenvalue weighted by atomic mass is 16.5. The van der Waals surface area contributed by atoms with Crippen LogP contribution in [0.3, 0.4) is 0 Å². The smallest absolute Gasteiger partial charge is 0.271 e. The highest BCUT2D eigenvalue weighted by molar-refractivity contribution is 6.13. The standard InChI is InChI=1S/C66H56N2O7/c1-46-31-52(32-62(47(46)2)72-40-48-19-7-3-8-20-48)44-70-57-36-56(66(69)68-67-39-61-59-29-17-15-27-54(59)35-55-28-16-18-30-60(55)61)37-58(38-57)71-45-53-33-63(73-41-49-21-9-4-10-22-49)65(75-43-51-25-13-6-14-26-51)64(34-53)74-42-50-23-11-5-12-24-50/h3-39H,40-45H2,1-2H3,(H,68,69)/b67-39+. The lowest BCUT2D eigenvalue weighted by Gasteiger charge is -2.19. The van der Waals surface area contributed by atoms with Crippen molar-refractivity contribution in [1.82, 2.24) is 5.43 Å². The molecule has 10 aromatic carbocycles. The minimum absolute atomic E-state index is 0.0818. The maximum Gasteiger partial charge on any atom is 0.271 e. The van der Waals surface area contributed by atoms with Crippen molar-refractivity contribution in [3.05, 3.63) is 274 Å². The minimum Gasteiger partial charge on any atom is -0.489 e. The lowest BCUT2D eigenvalue weighted by atomic mass is 9.97. The number of fused-ring (bicyclic) bond motifs is 2. The number of carbonyl (C=O) groups excluding carboxylic acids is 1. The number of hydrogen-bond donors (Lipinski definition) is 1. The molecule has 0 saturated heterocycles. The number of nitrogens with zero attached hydrogens (tertiary/aromatic N) is 1. The van der Waals surface area contributed by atoms with Gasteiger partial charge in [-0.2, -0.15) is 5.10 Å². The van der Waals surface area contributed by atoms with E-state index in [1.165, 1.54) is 0 Å². The monoisotopic (exact) mass is 988 g/mol. The zero-order valence-corrected chi connectivity index (χ0v) is 41.9. The van der Waals surface area contributed by atoms with Crippen molar-refractivity contribution in [2.45, 2.75) is 53.5 Å². The van der Waals surface area contributed by atoms with Crippen LogP contribution in [0, 0.1) is 13.8 Å². The maximum absolute atomic E-state index is 14.2. The van der Waals surface area contributed by atoms with Crippen LogP contribution in [0.5, 0.6) is 34.5 Å². The number of carbonyl (C=O) groups is 1. The Morgan fingerprint density at radius 2 is 0.813 bits per heavy atom. The number of amides is 1. The lowest BCUT2D eigenvalue weighted by molar-refractivity contribution is 0.0954. The van der Waals surface area contributed by atoms with Crippen LogP contribution in [-0.2, 0) is 39.6 Å². The second kappa shape index (κ2) is 23.9. The van der Waals surface area contributed by atoms with Crippen molar-refractivity contribution in [3.8, 4) is 34.5 Å². The Hall–Kier alpha value is -9.34. The van der Waals surface area contributed by atoms with Crippen LogP contribution in [0.15, 0.2) is 223 Å². The molecule has 10 rings (SSSR count). The predicted molar refractivity (Wildman–Crippen MR) is 297 cm³/mol. The van der Waals surface area contributed by atoms with E-state index in [2.05, 4.69) is 60.8 Å².